The lowest BCUT2D eigenvalue weighted by molar-refractivity contribution is -0.0550. The zero-order valence-corrected chi connectivity index (χ0v) is 14.2. The van der Waals surface area contributed by atoms with Gasteiger partial charge in [0.25, 0.3) is 0 Å². The van der Waals surface area contributed by atoms with Gasteiger partial charge in [-0.1, -0.05) is 0 Å². The summed E-state index contributed by atoms with van der Waals surface area (Å²) in [6.07, 6.45) is 0. The van der Waals surface area contributed by atoms with Crippen LogP contribution in [-0.2, 0) is 13.7 Å². The van der Waals surface area contributed by atoms with Gasteiger partial charge in [-0.05, 0) is 36.4 Å². The molecule has 0 saturated carbocycles. The van der Waals surface area contributed by atoms with Crippen LogP contribution in [-0.4, -0.2) is 19.4 Å². The van der Waals surface area contributed by atoms with Crippen LogP contribution in [0.15, 0.2) is 46.2 Å². The zero-order chi connectivity index (χ0) is 20.4. The van der Waals surface area contributed by atoms with E-state index in [9.17, 15) is 43.5 Å². The summed E-state index contributed by atoms with van der Waals surface area (Å²) in [6.45, 7) is 0. The standard InChI is InChI=1S/C14H6F8O3S2/c15-7-1-3-11-9(5-7)10-6-8(16)2-4-12(10)26(11,13(17,18)19)25-27(23,24)14(20,21)22/h1-6H. The first kappa shape index (κ1) is 19.9. The Morgan fingerprint density at radius 2 is 1.19 bits per heavy atom. The summed E-state index contributed by atoms with van der Waals surface area (Å²) in [5, 5.41) is 0. The van der Waals surface area contributed by atoms with Crippen LogP contribution in [0, 0.1) is 11.6 Å². The summed E-state index contributed by atoms with van der Waals surface area (Å²) < 4.78 is 134. The second kappa shape index (κ2) is 5.82. The van der Waals surface area contributed by atoms with E-state index in [1.165, 1.54) is 0 Å². The van der Waals surface area contributed by atoms with E-state index in [1.54, 1.807) is 0 Å². The summed E-state index contributed by atoms with van der Waals surface area (Å²) in [7, 11) is -12.0. The summed E-state index contributed by atoms with van der Waals surface area (Å²) in [5.41, 5.74) is -13.0. The Hall–Kier alpha value is -1.86. The van der Waals surface area contributed by atoms with Crippen molar-refractivity contribution in [1.29, 1.82) is 0 Å². The number of fused-ring (bicyclic) bond motifs is 3. The lowest BCUT2D eigenvalue weighted by Gasteiger charge is -2.37. The molecule has 0 spiro atoms. The fourth-order valence-electron chi connectivity index (χ4n) is 2.58. The molecular formula is C14H6F8O3S2. The molecule has 3 nitrogen and oxygen atoms in total. The van der Waals surface area contributed by atoms with Crippen LogP contribution >= 0.6 is 10.3 Å². The van der Waals surface area contributed by atoms with Crippen LogP contribution < -0.4 is 0 Å². The molecule has 27 heavy (non-hydrogen) atoms. The third-order valence-corrected chi connectivity index (χ3v) is 8.30. The average Bonchev–Trinajstić information content (AvgIpc) is 2.76. The molecule has 0 unspecified atom stereocenters. The van der Waals surface area contributed by atoms with Crippen molar-refractivity contribution in [1.82, 2.24) is 0 Å². The van der Waals surface area contributed by atoms with Crippen LogP contribution in [0.1, 0.15) is 0 Å². The van der Waals surface area contributed by atoms with Crippen LogP contribution in [0.4, 0.5) is 35.1 Å². The first-order valence-electron chi connectivity index (χ1n) is 6.72. The van der Waals surface area contributed by atoms with Crippen molar-refractivity contribution in [2.75, 3.05) is 0 Å². The van der Waals surface area contributed by atoms with Crippen LogP contribution in [0.5, 0.6) is 0 Å². The number of halogens is 8. The molecule has 148 valence electrons. The Balaban J connectivity index is 2.43. The summed E-state index contributed by atoms with van der Waals surface area (Å²) in [5.74, 6) is -2.11. The molecular weight excluding hydrogens is 432 g/mol. The Labute approximate surface area is 148 Å². The highest BCUT2D eigenvalue weighted by Crippen LogP contribution is 2.80. The smallest absolute Gasteiger partial charge is 0.207 e. The van der Waals surface area contributed by atoms with Gasteiger partial charge in [0.1, 0.15) is 11.6 Å². The SMILES string of the molecule is O=S(=O)(OS1(C(F)(F)F)c2ccc(F)cc2-c2cc(F)ccc21)C(F)(F)F. The molecule has 0 radical (unpaired) electrons. The largest absolute Gasteiger partial charge is 0.523 e. The average molecular weight is 438 g/mol. The van der Waals surface area contributed by atoms with Gasteiger partial charge in [0.05, 0.1) is 0 Å². The third-order valence-electron chi connectivity index (χ3n) is 3.59. The number of hydrogen-bond donors (Lipinski definition) is 0. The fraction of sp³-hybridized carbons (Fsp3) is 0.143. The molecule has 0 atom stereocenters. The van der Waals surface area contributed by atoms with Gasteiger partial charge in [0, 0.05) is 31.2 Å². The molecule has 0 saturated heterocycles. The predicted octanol–water partition coefficient (Wildman–Crippen LogP) is 5.47. The van der Waals surface area contributed by atoms with Gasteiger partial charge in [-0.25, -0.2) is 8.78 Å². The molecule has 0 aliphatic carbocycles. The Morgan fingerprint density at radius 3 is 1.52 bits per heavy atom. The molecule has 0 aromatic heterocycles. The lowest BCUT2D eigenvalue weighted by Crippen LogP contribution is -2.31. The van der Waals surface area contributed by atoms with Crippen LogP contribution in [0.25, 0.3) is 11.1 Å². The number of alkyl halides is 6. The summed E-state index contributed by atoms with van der Waals surface area (Å²) >= 11 is 0. The van der Waals surface area contributed by atoms with E-state index in [0.29, 0.717) is 36.4 Å². The Morgan fingerprint density at radius 1 is 0.778 bits per heavy atom. The van der Waals surface area contributed by atoms with Crippen LogP contribution in [0.3, 0.4) is 0 Å². The van der Waals surface area contributed by atoms with Gasteiger partial charge in [0.2, 0.25) is 0 Å². The van der Waals surface area contributed by atoms with Crippen LogP contribution in [0.2, 0.25) is 0 Å². The van der Waals surface area contributed by atoms with Crippen molar-refractivity contribution in [2.45, 2.75) is 20.8 Å². The van der Waals surface area contributed by atoms with E-state index in [0.717, 1.165) is 0 Å². The van der Waals surface area contributed by atoms with E-state index >= 15 is 0 Å². The predicted molar refractivity (Wildman–Crippen MR) is 78.0 cm³/mol. The topological polar surface area (TPSA) is 43.4 Å². The quantitative estimate of drug-likeness (QED) is 0.462. The van der Waals surface area contributed by atoms with Gasteiger partial charge >= 0.3 is 21.1 Å². The molecule has 1 aliphatic heterocycles. The minimum absolute atomic E-state index is 0.483. The van der Waals surface area contributed by atoms with E-state index in [2.05, 4.69) is 3.63 Å². The highest BCUT2D eigenvalue weighted by atomic mass is 32.3. The van der Waals surface area contributed by atoms with Gasteiger partial charge in [-0.2, -0.15) is 38.4 Å². The molecule has 0 bridgehead atoms. The Bertz CT molecular complexity index is 976. The van der Waals surface area contributed by atoms with E-state index in [-0.39, 0.29) is 0 Å². The normalized spacial score (nSPS) is 17.3. The number of hydrogen-bond acceptors (Lipinski definition) is 3. The maximum Gasteiger partial charge on any atom is 0.523 e. The second-order valence-electron chi connectivity index (χ2n) is 5.25. The zero-order valence-electron chi connectivity index (χ0n) is 12.5. The van der Waals surface area contributed by atoms with Gasteiger partial charge in [-0.15, -0.1) is 0 Å². The van der Waals surface area contributed by atoms with Gasteiger partial charge < -0.3 is 0 Å². The minimum Gasteiger partial charge on any atom is -0.207 e. The number of rotatable bonds is 2. The van der Waals surface area contributed by atoms with Crippen molar-refractivity contribution < 1.29 is 47.2 Å². The van der Waals surface area contributed by atoms with Crippen molar-refractivity contribution in [3.63, 3.8) is 0 Å². The summed E-state index contributed by atoms with van der Waals surface area (Å²) in [6, 6.07) is 3.07. The summed E-state index contributed by atoms with van der Waals surface area (Å²) in [4.78, 5) is -2.05. The maximum absolute atomic E-state index is 14.0. The molecule has 1 heterocycles. The van der Waals surface area contributed by atoms with Gasteiger partial charge in [0.15, 0.2) is 0 Å². The highest BCUT2D eigenvalue weighted by Gasteiger charge is 2.64. The second-order valence-corrected chi connectivity index (χ2v) is 9.62. The van der Waals surface area contributed by atoms with Gasteiger partial charge in [-0.3, -0.25) is 0 Å². The molecule has 0 amide bonds. The third kappa shape index (κ3) is 2.88. The molecule has 13 heteroatoms. The molecule has 2 aromatic rings. The molecule has 3 rings (SSSR count). The van der Waals surface area contributed by atoms with E-state index in [1.807, 2.05) is 0 Å². The van der Waals surface area contributed by atoms with E-state index in [4.69, 9.17) is 0 Å². The number of benzene rings is 2. The molecule has 1 aliphatic rings. The fourth-order valence-corrected chi connectivity index (χ4v) is 7.07. The first-order valence-corrected chi connectivity index (χ1v) is 9.69. The monoisotopic (exact) mass is 438 g/mol. The van der Waals surface area contributed by atoms with E-state index < -0.39 is 64.0 Å². The van der Waals surface area contributed by atoms with Crippen molar-refractivity contribution in [3.05, 3.63) is 48.0 Å². The molecule has 0 N–H and O–H groups in total. The van der Waals surface area contributed by atoms with Crippen molar-refractivity contribution >= 4 is 20.4 Å². The Kier molecular flexibility index (Phi) is 4.28. The molecule has 2 aromatic carbocycles. The van der Waals surface area contributed by atoms with Crippen molar-refractivity contribution in [2.24, 2.45) is 0 Å². The maximum atomic E-state index is 14.0. The molecule has 0 fully saturated rings. The first-order chi connectivity index (χ1) is 12.2. The highest BCUT2D eigenvalue weighted by molar-refractivity contribution is 8.34. The lowest BCUT2D eigenvalue weighted by atomic mass is 10.1. The minimum atomic E-state index is -6.70. The van der Waals surface area contributed by atoms with Crippen molar-refractivity contribution in [3.8, 4) is 11.1 Å².